The molecule has 9 rings (SSSR count). The van der Waals surface area contributed by atoms with Crippen molar-refractivity contribution >= 4 is 31.5 Å². The molecule has 0 aliphatic carbocycles. The Kier molecular flexibility index (Phi) is 8.25. The van der Waals surface area contributed by atoms with E-state index in [9.17, 15) is 0 Å². The molecule has 53 heavy (non-hydrogen) atoms. The van der Waals surface area contributed by atoms with E-state index in [0.29, 0.717) is 17.5 Å². The van der Waals surface area contributed by atoms with Crippen LogP contribution in [-0.4, -0.2) is 15.0 Å². The predicted molar refractivity (Wildman–Crippen MR) is 224 cm³/mol. The second-order valence-electron chi connectivity index (χ2n) is 14.5. The molecule has 2 aromatic heterocycles. The average Bonchev–Trinajstić information content (AvgIpc) is 3.60. The maximum Gasteiger partial charge on any atom is 0.164 e. The fourth-order valence-corrected chi connectivity index (χ4v) is 8.29. The Balaban J connectivity index is 1.13. The lowest BCUT2D eigenvalue weighted by Gasteiger charge is -2.19. The summed E-state index contributed by atoms with van der Waals surface area (Å²) in [6.07, 6.45) is 0. The van der Waals surface area contributed by atoms with Crippen LogP contribution in [-0.2, 0) is 5.41 Å². The van der Waals surface area contributed by atoms with Crippen molar-refractivity contribution in [2.24, 2.45) is 0 Å². The van der Waals surface area contributed by atoms with Gasteiger partial charge in [-0.1, -0.05) is 185 Å². The summed E-state index contributed by atoms with van der Waals surface area (Å²) in [6.45, 7) is 6.73. The fraction of sp³-hybridized carbons (Fsp3) is 0.0816. The first-order valence-corrected chi connectivity index (χ1v) is 18.8. The third kappa shape index (κ3) is 6.32. The van der Waals surface area contributed by atoms with Crippen molar-refractivity contribution in [1.82, 2.24) is 15.0 Å². The van der Waals surface area contributed by atoms with Gasteiger partial charge in [-0.05, 0) is 50.4 Å². The summed E-state index contributed by atoms with van der Waals surface area (Å²) in [5, 5.41) is 2.60. The highest BCUT2D eigenvalue weighted by atomic mass is 32.1. The minimum absolute atomic E-state index is 0.114. The molecule has 9 aromatic rings. The molecule has 0 radical (unpaired) electrons. The molecule has 7 aromatic carbocycles. The summed E-state index contributed by atoms with van der Waals surface area (Å²) in [5.41, 5.74) is 11.2. The molecular formula is C49H37N3S. The van der Waals surface area contributed by atoms with Crippen LogP contribution in [0.2, 0.25) is 0 Å². The van der Waals surface area contributed by atoms with E-state index < -0.39 is 0 Å². The highest BCUT2D eigenvalue weighted by Crippen LogP contribution is 2.40. The van der Waals surface area contributed by atoms with Gasteiger partial charge in [-0.25, -0.2) is 15.0 Å². The van der Waals surface area contributed by atoms with E-state index in [0.717, 1.165) is 33.4 Å². The molecule has 0 N–H and O–H groups in total. The molecule has 3 nitrogen and oxygen atoms in total. The van der Waals surface area contributed by atoms with Gasteiger partial charge in [-0.2, -0.15) is 0 Å². The van der Waals surface area contributed by atoms with E-state index in [2.05, 4.69) is 178 Å². The highest BCUT2D eigenvalue weighted by molar-refractivity contribution is 7.26. The second kappa shape index (κ2) is 13.4. The first-order chi connectivity index (χ1) is 25.9. The summed E-state index contributed by atoms with van der Waals surface area (Å²) < 4.78 is 2.61. The van der Waals surface area contributed by atoms with Crippen molar-refractivity contribution in [2.75, 3.05) is 0 Å². The van der Waals surface area contributed by atoms with Crippen LogP contribution in [0, 0.1) is 0 Å². The van der Waals surface area contributed by atoms with Crippen molar-refractivity contribution < 1.29 is 0 Å². The molecule has 4 heteroatoms. The Hall–Kier alpha value is -6.23. The monoisotopic (exact) mass is 699 g/mol. The Morgan fingerprint density at radius 3 is 1.49 bits per heavy atom. The van der Waals surface area contributed by atoms with Crippen LogP contribution in [0.3, 0.4) is 0 Å². The van der Waals surface area contributed by atoms with E-state index in [1.807, 2.05) is 23.5 Å². The molecule has 0 bridgehead atoms. The maximum absolute atomic E-state index is 5.14. The molecule has 0 saturated heterocycles. The van der Waals surface area contributed by atoms with Crippen molar-refractivity contribution in [3.8, 4) is 67.5 Å². The van der Waals surface area contributed by atoms with Crippen LogP contribution in [0.5, 0.6) is 0 Å². The van der Waals surface area contributed by atoms with Gasteiger partial charge in [0.1, 0.15) is 0 Å². The smallest absolute Gasteiger partial charge is 0.164 e. The van der Waals surface area contributed by atoms with Gasteiger partial charge < -0.3 is 0 Å². The summed E-state index contributed by atoms with van der Waals surface area (Å²) >= 11 is 1.85. The van der Waals surface area contributed by atoms with Crippen molar-refractivity contribution in [2.45, 2.75) is 26.2 Å². The Bertz CT molecular complexity index is 2720. The third-order valence-corrected chi connectivity index (χ3v) is 11.2. The molecule has 0 saturated carbocycles. The van der Waals surface area contributed by atoms with E-state index >= 15 is 0 Å². The molecule has 254 valence electrons. The molecule has 0 aliphatic heterocycles. The normalized spacial score (nSPS) is 11.7. The second-order valence-corrected chi connectivity index (χ2v) is 15.5. The van der Waals surface area contributed by atoms with Gasteiger partial charge in [0.25, 0.3) is 0 Å². The molecule has 0 spiro atoms. The Morgan fingerprint density at radius 1 is 0.358 bits per heavy atom. The SMILES string of the molecule is CC(C)(C)c1ccc(-c2ccc(-c3nc(-c4ccc(-c5cccc6c5sc5ccccc56)cc4)nc(-c4ccccc4-c4ccccc4)n3)cc2)cc1. The number of aromatic nitrogens is 3. The van der Waals surface area contributed by atoms with Crippen LogP contribution in [0.4, 0.5) is 0 Å². The summed E-state index contributed by atoms with van der Waals surface area (Å²) in [4.78, 5) is 15.4. The number of rotatable bonds is 6. The first kappa shape index (κ1) is 32.7. The topological polar surface area (TPSA) is 38.7 Å². The lowest BCUT2D eigenvalue weighted by molar-refractivity contribution is 0.590. The zero-order valence-corrected chi connectivity index (χ0v) is 30.7. The highest BCUT2D eigenvalue weighted by Gasteiger charge is 2.17. The molecule has 2 heterocycles. The Morgan fingerprint density at radius 2 is 0.830 bits per heavy atom. The third-order valence-electron chi connectivity index (χ3n) is 9.97. The minimum atomic E-state index is 0.114. The first-order valence-electron chi connectivity index (χ1n) is 18.0. The molecule has 0 unspecified atom stereocenters. The van der Waals surface area contributed by atoms with Crippen LogP contribution in [0.15, 0.2) is 170 Å². The molecule has 0 amide bonds. The van der Waals surface area contributed by atoms with Crippen molar-refractivity contribution in [3.05, 3.63) is 175 Å². The lowest BCUT2D eigenvalue weighted by atomic mass is 9.86. The van der Waals surface area contributed by atoms with Gasteiger partial charge in [0.15, 0.2) is 17.5 Å². The zero-order valence-electron chi connectivity index (χ0n) is 29.9. The average molecular weight is 700 g/mol. The van der Waals surface area contributed by atoms with E-state index in [4.69, 9.17) is 15.0 Å². The number of fused-ring (bicyclic) bond motifs is 3. The summed E-state index contributed by atoms with van der Waals surface area (Å²) in [5.74, 6) is 1.92. The van der Waals surface area contributed by atoms with Gasteiger partial charge in [0.2, 0.25) is 0 Å². The van der Waals surface area contributed by atoms with Crippen molar-refractivity contribution in [3.63, 3.8) is 0 Å². The van der Waals surface area contributed by atoms with Gasteiger partial charge in [0, 0.05) is 36.9 Å². The van der Waals surface area contributed by atoms with Gasteiger partial charge in [-0.15, -0.1) is 11.3 Å². The van der Waals surface area contributed by atoms with E-state index in [1.54, 1.807) is 0 Å². The standard InChI is InChI=1S/C49H37N3S/c1-49(2,3)38-30-28-33(29-31-38)32-20-24-36(25-21-32)46-50-47(52-48(51-46)43-16-8-7-14-39(43)34-12-5-4-6-13-34)37-26-22-35(23-27-37)40-17-11-18-42-41-15-9-10-19-44(41)53-45(40)42/h4-31H,1-3H3. The fourth-order valence-electron chi connectivity index (χ4n) is 7.05. The Labute approximate surface area is 314 Å². The molecule has 0 fully saturated rings. The summed E-state index contributed by atoms with van der Waals surface area (Å²) in [7, 11) is 0. The van der Waals surface area contributed by atoms with Gasteiger partial charge in [-0.3, -0.25) is 0 Å². The van der Waals surface area contributed by atoms with Crippen LogP contribution < -0.4 is 0 Å². The van der Waals surface area contributed by atoms with Crippen molar-refractivity contribution in [1.29, 1.82) is 0 Å². The van der Waals surface area contributed by atoms with Gasteiger partial charge >= 0.3 is 0 Å². The van der Waals surface area contributed by atoms with Gasteiger partial charge in [0.05, 0.1) is 0 Å². The van der Waals surface area contributed by atoms with Crippen LogP contribution >= 0.6 is 11.3 Å². The molecule has 0 atom stereocenters. The number of hydrogen-bond donors (Lipinski definition) is 0. The zero-order chi connectivity index (χ0) is 35.9. The minimum Gasteiger partial charge on any atom is -0.208 e. The number of benzene rings is 7. The van der Waals surface area contributed by atoms with Crippen LogP contribution in [0.25, 0.3) is 87.7 Å². The lowest BCUT2D eigenvalue weighted by Crippen LogP contribution is -2.10. The quantitative estimate of drug-likeness (QED) is 0.173. The molecule has 0 aliphatic rings. The number of hydrogen-bond acceptors (Lipinski definition) is 4. The van der Waals surface area contributed by atoms with Crippen LogP contribution in [0.1, 0.15) is 26.3 Å². The number of nitrogens with zero attached hydrogens (tertiary/aromatic N) is 3. The predicted octanol–water partition coefficient (Wildman–Crippen LogP) is 13.5. The number of thiophene rings is 1. The maximum atomic E-state index is 5.14. The van der Waals surface area contributed by atoms with E-state index in [1.165, 1.54) is 42.4 Å². The molecular weight excluding hydrogens is 663 g/mol. The largest absolute Gasteiger partial charge is 0.208 e. The van der Waals surface area contributed by atoms with E-state index in [-0.39, 0.29) is 5.41 Å². The summed E-state index contributed by atoms with van der Waals surface area (Å²) in [6, 6.07) is 60.1.